The number of carbonyl (C=O) groups excluding carboxylic acids is 1. The lowest BCUT2D eigenvalue weighted by Gasteiger charge is -2.20. The van der Waals surface area contributed by atoms with Gasteiger partial charge >= 0.3 is 0 Å². The highest BCUT2D eigenvalue weighted by atomic mass is 16.5. The van der Waals surface area contributed by atoms with Gasteiger partial charge in [0.15, 0.2) is 11.5 Å². The van der Waals surface area contributed by atoms with Gasteiger partial charge in [-0.3, -0.25) is 4.79 Å². The third-order valence-electron chi connectivity index (χ3n) is 6.08. The third kappa shape index (κ3) is 3.56. The Morgan fingerprint density at radius 2 is 1.94 bits per heavy atom. The first-order valence-electron chi connectivity index (χ1n) is 10.7. The van der Waals surface area contributed by atoms with Gasteiger partial charge in [-0.05, 0) is 49.6 Å². The molecule has 2 aromatic carbocycles. The number of hydrogen-bond donors (Lipinski definition) is 0. The minimum absolute atomic E-state index is 0.184. The Morgan fingerprint density at radius 1 is 1.13 bits per heavy atom. The Morgan fingerprint density at radius 3 is 2.68 bits per heavy atom. The number of hydrogen-bond acceptors (Lipinski definition) is 5. The van der Waals surface area contributed by atoms with Crippen LogP contribution in [0.5, 0.6) is 17.2 Å². The maximum Gasteiger partial charge on any atom is 0.226 e. The first-order valence-corrected chi connectivity index (χ1v) is 10.7. The zero-order chi connectivity index (χ0) is 21.5. The Bertz CT molecular complexity index is 1170. The first-order chi connectivity index (χ1) is 15.1. The second-order valence-corrected chi connectivity index (χ2v) is 8.23. The molecular formula is C25H26N2O4. The van der Waals surface area contributed by atoms with Crippen LogP contribution < -0.4 is 14.2 Å². The average molecular weight is 418 g/mol. The van der Waals surface area contributed by atoms with Crippen molar-refractivity contribution in [3.05, 3.63) is 47.5 Å². The van der Waals surface area contributed by atoms with E-state index in [1.165, 1.54) is 0 Å². The highest BCUT2D eigenvalue weighted by Crippen LogP contribution is 2.40. The van der Waals surface area contributed by atoms with Crippen LogP contribution in [0.3, 0.4) is 0 Å². The van der Waals surface area contributed by atoms with Crippen molar-refractivity contribution < 1.29 is 19.0 Å². The minimum atomic E-state index is 0.184. The van der Waals surface area contributed by atoms with Gasteiger partial charge < -0.3 is 19.1 Å². The molecule has 1 saturated carbocycles. The summed E-state index contributed by atoms with van der Waals surface area (Å²) in [6.45, 7) is 3.65. The summed E-state index contributed by atoms with van der Waals surface area (Å²) in [7, 11) is 3.30. The SMILES string of the molecule is COc1cc(-c2cc(C)c3cccc(OC)c3n2)cc2c1OCCN(C(=O)C1CC1)C2. The maximum absolute atomic E-state index is 12.7. The number of nitrogens with zero attached hydrogens (tertiary/aromatic N) is 2. The van der Waals surface area contributed by atoms with Crippen molar-refractivity contribution >= 4 is 16.8 Å². The van der Waals surface area contributed by atoms with Crippen LogP contribution in [0.15, 0.2) is 36.4 Å². The Hall–Kier alpha value is -3.28. The van der Waals surface area contributed by atoms with E-state index in [1.54, 1.807) is 14.2 Å². The number of methoxy groups -OCH3 is 2. The van der Waals surface area contributed by atoms with Crippen LogP contribution in [0.1, 0.15) is 24.0 Å². The van der Waals surface area contributed by atoms with Crippen molar-refractivity contribution in [3.8, 4) is 28.5 Å². The van der Waals surface area contributed by atoms with Gasteiger partial charge in [0.05, 0.1) is 26.5 Å². The van der Waals surface area contributed by atoms with Gasteiger partial charge in [0.1, 0.15) is 17.9 Å². The summed E-state index contributed by atoms with van der Waals surface area (Å²) in [6, 6.07) is 12.1. The van der Waals surface area contributed by atoms with Gasteiger partial charge in [0.2, 0.25) is 5.91 Å². The van der Waals surface area contributed by atoms with Crippen molar-refractivity contribution in [1.82, 2.24) is 9.88 Å². The molecule has 0 atom stereocenters. The number of pyridine rings is 1. The summed E-state index contributed by atoms with van der Waals surface area (Å²) in [5, 5.41) is 1.06. The normalized spacial score (nSPS) is 15.8. The zero-order valence-electron chi connectivity index (χ0n) is 18.1. The molecule has 0 saturated heterocycles. The first kappa shape index (κ1) is 19.7. The van der Waals surface area contributed by atoms with Crippen molar-refractivity contribution in [1.29, 1.82) is 0 Å². The second-order valence-electron chi connectivity index (χ2n) is 8.23. The Balaban J connectivity index is 1.61. The molecule has 0 bridgehead atoms. The third-order valence-corrected chi connectivity index (χ3v) is 6.08. The molecule has 0 spiro atoms. The number of benzene rings is 2. The summed E-state index contributed by atoms with van der Waals surface area (Å²) in [5.41, 5.74) is 4.65. The van der Waals surface area contributed by atoms with Crippen LogP contribution in [0.2, 0.25) is 0 Å². The van der Waals surface area contributed by atoms with Gasteiger partial charge in [-0.15, -0.1) is 0 Å². The van der Waals surface area contributed by atoms with Gasteiger partial charge in [-0.1, -0.05) is 12.1 Å². The molecule has 1 aliphatic heterocycles. The summed E-state index contributed by atoms with van der Waals surface area (Å²) in [4.78, 5) is 19.5. The van der Waals surface area contributed by atoms with E-state index in [2.05, 4.69) is 25.1 Å². The van der Waals surface area contributed by atoms with E-state index in [4.69, 9.17) is 19.2 Å². The number of amides is 1. The van der Waals surface area contributed by atoms with E-state index < -0.39 is 0 Å². The van der Waals surface area contributed by atoms with E-state index in [0.717, 1.165) is 51.9 Å². The van der Waals surface area contributed by atoms with Crippen molar-refractivity contribution in [2.45, 2.75) is 26.3 Å². The van der Waals surface area contributed by atoms with Gasteiger partial charge in [0.25, 0.3) is 0 Å². The lowest BCUT2D eigenvalue weighted by atomic mass is 10.0. The molecule has 0 unspecified atom stereocenters. The van der Waals surface area contributed by atoms with E-state index in [-0.39, 0.29) is 11.8 Å². The summed E-state index contributed by atoms with van der Waals surface area (Å²) in [6.07, 6.45) is 1.99. The molecule has 2 aliphatic rings. The predicted octanol–water partition coefficient (Wildman–Crippen LogP) is 4.36. The van der Waals surface area contributed by atoms with Gasteiger partial charge in [0, 0.05) is 29.0 Å². The van der Waals surface area contributed by atoms with Crippen LogP contribution in [0.25, 0.3) is 22.2 Å². The fraction of sp³-hybridized carbons (Fsp3) is 0.360. The molecule has 1 fully saturated rings. The number of carbonyl (C=O) groups is 1. The number of fused-ring (bicyclic) bond motifs is 2. The quantitative estimate of drug-likeness (QED) is 0.630. The average Bonchev–Trinajstić information content (AvgIpc) is 3.64. The standard InChI is InChI=1S/C25H26N2O4/c1-15-11-20(26-23-19(15)5-4-6-21(23)29-2)17-12-18-14-27(25(28)16-7-8-16)9-10-31-24(18)22(13-17)30-3/h4-6,11-13,16H,7-10,14H2,1-3H3. The highest BCUT2D eigenvalue weighted by Gasteiger charge is 2.34. The second kappa shape index (κ2) is 7.76. The molecule has 6 nitrogen and oxygen atoms in total. The lowest BCUT2D eigenvalue weighted by Crippen LogP contribution is -2.33. The Kier molecular flexibility index (Phi) is 4.93. The molecule has 0 radical (unpaired) electrons. The van der Waals surface area contributed by atoms with Crippen LogP contribution in [0, 0.1) is 12.8 Å². The highest BCUT2D eigenvalue weighted by molar-refractivity contribution is 5.90. The van der Waals surface area contributed by atoms with E-state index in [9.17, 15) is 4.79 Å². The largest absolute Gasteiger partial charge is 0.494 e. The smallest absolute Gasteiger partial charge is 0.226 e. The van der Waals surface area contributed by atoms with Crippen molar-refractivity contribution in [3.63, 3.8) is 0 Å². The van der Waals surface area contributed by atoms with E-state index in [0.29, 0.717) is 31.2 Å². The summed E-state index contributed by atoms with van der Waals surface area (Å²) >= 11 is 0. The monoisotopic (exact) mass is 418 g/mol. The fourth-order valence-electron chi connectivity index (χ4n) is 4.26. The molecule has 1 aliphatic carbocycles. The van der Waals surface area contributed by atoms with Gasteiger partial charge in [-0.25, -0.2) is 4.98 Å². The topological polar surface area (TPSA) is 60.9 Å². The Labute approximate surface area is 181 Å². The molecule has 1 aromatic heterocycles. The maximum atomic E-state index is 12.7. The molecule has 1 amide bonds. The number of aromatic nitrogens is 1. The van der Waals surface area contributed by atoms with Crippen LogP contribution in [-0.2, 0) is 11.3 Å². The predicted molar refractivity (Wildman–Crippen MR) is 119 cm³/mol. The van der Waals surface area contributed by atoms with E-state index in [1.807, 2.05) is 23.1 Å². The van der Waals surface area contributed by atoms with Crippen molar-refractivity contribution in [2.24, 2.45) is 5.92 Å². The zero-order valence-corrected chi connectivity index (χ0v) is 18.1. The summed E-state index contributed by atoms with van der Waals surface area (Å²) in [5.74, 6) is 2.53. The minimum Gasteiger partial charge on any atom is -0.494 e. The number of rotatable bonds is 4. The number of para-hydroxylation sites is 1. The molecule has 31 heavy (non-hydrogen) atoms. The van der Waals surface area contributed by atoms with Gasteiger partial charge in [-0.2, -0.15) is 0 Å². The van der Waals surface area contributed by atoms with E-state index >= 15 is 0 Å². The van der Waals surface area contributed by atoms with Crippen LogP contribution >= 0.6 is 0 Å². The molecule has 3 aromatic rings. The molecule has 2 heterocycles. The summed E-state index contributed by atoms with van der Waals surface area (Å²) < 4.78 is 17.2. The lowest BCUT2D eigenvalue weighted by molar-refractivity contribution is -0.133. The molecular weight excluding hydrogens is 392 g/mol. The number of ether oxygens (including phenoxy) is 3. The molecule has 160 valence electrons. The fourth-order valence-corrected chi connectivity index (χ4v) is 4.26. The van der Waals surface area contributed by atoms with Crippen LogP contribution in [0.4, 0.5) is 0 Å². The number of aryl methyl sites for hydroxylation is 1. The molecule has 6 heteroatoms. The molecule has 5 rings (SSSR count). The molecule has 0 N–H and O–H groups in total. The van der Waals surface area contributed by atoms with Crippen LogP contribution in [-0.4, -0.2) is 43.2 Å². The van der Waals surface area contributed by atoms with Crippen molar-refractivity contribution in [2.75, 3.05) is 27.4 Å².